The lowest BCUT2D eigenvalue weighted by atomic mass is 9.91. The molecule has 0 bridgehead atoms. The van der Waals surface area contributed by atoms with Crippen molar-refractivity contribution in [3.05, 3.63) is 24.3 Å². The van der Waals surface area contributed by atoms with Crippen LogP contribution < -0.4 is 21.1 Å². The van der Waals surface area contributed by atoms with Crippen molar-refractivity contribution in [3.8, 4) is 5.75 Å². The van der Waals surface area contributed by atoms with Crippen molar-refractivity contribution in [1.82, 2.24) is 5.32 Å². The average molecular weight is 307 g/mol. The summed E-state index contributed by atoms with van der Waals surface area (Å²) >= 11 is 0. The number of carbonyl (C=O) groups excluding carboxylic acids is 2. The Kier molecular flexibility index (Phi) is 5.35. The molecule has 1 saturated heterocycles. The zero-order chi connectivity index (χ0) is 16.0. The van der Waals surface area contributed by atoms with Gasteiger partial charge in [0.15, 0.2) is 6.61 Å². The molecule has 0 aliphatic carbocycles. The predicted octanol–water partition coefficient (Wildman–Crippen LogP) is 0.258. The number of ether oxygens (including phenoxy) is 2. The van der Waals surface area contributed by atoms with E-state index in [0.717, 1.165) is 13.1 Å². The summed E-state index contributed by atoms with van der Waals surface area (Å²) in [5.74, 6) is -0.173. The molecule has 7 nitrogen and oxygen atoms in total. The van der Waals surface area contributed by atoms with Gasteiger partial charge < -0.3 is 25.8 Å². The lowest BCUT2D eigenvalue weighted by molar-refractivity contribution is -0.140. The number of primary amides is 1. The summed E-state index contributed by atoms with van der Waals surface area (Å²) in [7, 11) is 1.56. The molecule has 0 saturated carbocycles. The minimum atomic E-state index is -0.785. The topological polar surface area (TPSA) is 103 Å². The van der Waals surface area contributed by atoms with Crippen LogP contribution in [0, 0.1) is 0 Å². The highest BCUT2D eigenvalue weighted by atomic mass is 16.5. The van der Waals surface area contributed by atoms with Gasteiger partial charge in [0.05, 0.1) is 0 Å². The van der Waals surface area contributed by atoms with Gasteiger partial charge in [0.2, 0.25) is 0 Å². The molecule has 1 aliphatic heterocycles. The van der Waals surface area contributed by atoms with Crippen LogP contribution in [0.25, 0.3) is 0 Å². The minimum Gasteiger partial charge on any atom is -0.484 e. The van der Waals surface area contributed by atoms with Crippen LogP contribution in [0.15, 0.2) is 24.3 Å². The second kappa shape index (κ2) is 7.24. The number of hydrogen-bond donors (Lipinski definition) is 3. The van der Waals surface area contributed by atoms with Crippen LogP contribution in [-0.2, 0) is 14.3 Å². The normalized spacial score (nSPS) is 16.8. The Morgan fingerprint density at radius 2 is 1.91 bits per heavy atom. The Hall–Kier alpha value is -2.12. The molecule has 1 aromatic rings. The van der Waals surface area contributed by atoms with Gasteiger partial charge in [-0.05, 0) is 50.2 Å². The van der Waals surface area contributed by atoms with E-state index in [0.29, 0.717) is 24.3 Å². The number of amides is 2. The average Bonchev–Trinajstić information content (AvgIpc) is 2.54. The molecule has 0 radical (unpaired) electrons. The number of piperidine rings is 1. The molecule has 2 amide bonds. The number of hydrogen-bond acceptors (Lipinski definition) is 5. The zero-order valence-corrected chi connectivity index (χ0v) is 12.6. The molecule has 2 rings (SSSR count). The molecule has 0 aromatic heterocycles. The van der Waals surface area contributed by atoms with Gasteiger partial charge in [-0.15, -0.1) is 0 Å². The van der Waals surface area contributed by atoms with Crippen LogP contribution in [0.5, 0.6) is 5.75 Å². The number of benzene rings is 1. The fourth-order valence-electron chi connectivity index (χ4n) is 2.39. The van der Waals surface area contributed by atoms with E-state index in [9.17, 15) is 9.59 Å². The van der Waals surface area contributed by atoms with Crippen molar-refractivity contribution < 1.29 is 19.1 Å². The minimum absolute atomic E-state index is 0.151. The molecule has 1 aliphatic rings. The lowest BCUT2D eigenvalue weighted by Crippen LogP contribution is -2.51. The van der Waals surface area contributed by atoms with E-state index in [1.165, 1.54) is 0 Å². The Bertz CT molecular complexity index is 524. The summed E-state index contributed by atoms with van der Waals surface area (Å²) in [6.45, 7) is 1.33. The van der Waals surface area contributed by atoms with Gasteiger partial charge in [0.1, 0.15) is 11.4 Å². The van der Waals surface area contributed by atoms with E-state index >= 15 is 0 Å². The molecule has 0 spiro atoms. The standard InChI is InChI=1S/C15H21N3O4/c1-21-15(6-8-17-9-7-15)14(20)18-11-2-4-12(5-3-11)22-10-13(16)19/h2-5,17H,6-10H2,1H3,(H2,16,19)(H,18,20). The van der Waals surface area contributed by atoms with Crippen LogP contribution >= 0.6 is 0 Å². The van der Waals surface area contributed by atoms with Crippen LogP contribution in [0.3, 0.4) is 0 Å². The predicted molar refractivity (Wildman–Crippen MR) is 81.6 cm³/mol. The Labute approximate surface area is 129 Å². The second-order valence-corrected chi connectivity index (χ2v) is 5.18. The molecule has 1 fully saturated rings. The van der Waals surface area contributed by atoms with Gasteiger partial charge in [0.25, 0.3) is 11.8 Å². The smallest absolute Gasteiger partial charge is 0.256 e. The number of anilines is 1. The Morgan fingerprint density at radius 1 is 1.27 bits per heavy atom. The third kappa shape index (κ3) is 3.96. The summed E-state index contributed by atoms with van der Waals surface area (Å²) in [5, 5.41) is 6.07. The highest BCUT2D eigenvalue weighted by Gasteiger charge is 2.39. The first-order valence-corrected chi connectivity index (χ1v) is 7.14. The van der Waals surface area contributed by atoms with Gasteiger partial charge in [-0.2, -0.15) is 0 Å². The van der Waals surface area contributed by atoms with Crippen molar-refractivity contribution in [1.29, 1.82) is 0 Å². The number of methoxy groups -OCH3 is 1. The Morgan fingerprint density at radius 3 is 2.45 bits per heavy atom. The van der Waals surface area contributed by atoms with Gasteiger partial charge in [-0.25, -0.2) is 0 Å². The molecular formula is C15H21N3O4. The van der Waals surface area contributed by atoms with Crippen LogP contribution in [0.1, 0.15) is 12.8 Å². The monoisotopic (exact) mass is 307 g/mol. The molecule has 7 heteroatoms. The van der Waals surface area contributed by atoms with Crippen molar-refractivity contribution in [3.63, 3.8) is 0 Å². The summed E-state index contributed by atoms with van der Waals surface area (Å²) in [6.07, 6.45) is 1.27. The van der Waals surface area contributed by atoms with Crippen molar-refractivity contribution in [2.75, 3.05) is 32.1 Å². The maximum atomic E-state index is 12.5. The van der Waals surface area contributed by atoms with Gasteiger partial charge in [-0.1, -0.05) is 0 Å². The quantitative estimate of drug-likeness (QED) is 0.699. The highest BCUT2D eigenvalue weighted by molar-refractivity contribution is 5.97. The maximum Gasteiger partial charge on any atom is 0.256 e. The first-order chi connectivity index (χ1) is 10.6. The first kappa shape index (κ1) is 16.3. The van der Waals surface area contributed by atoms with Crippen LogP contribution in [-0.4, -0.2) is 44.2 Å². The van der Waals surface area contributed by atoms with E-state index in [4.69, 9.17) is 15.2 Å². The van der Waals surface area contributed by atoms with E-state index in [1.807, 2.05) is 0 Å². The fourth-order valence-corrected chi connectivity index (χ4v) is 2.39. The lowest BCUT2D eigenvalue weighted by Gasteiger charge is -2.34. The molecule has 120 valence electrons. The van der Waals surface area contributed by atoms with Crippen molar-refractivity contribution in [2.24, 2.45) is 5.73 Å². The van der Waals surface area contributed by atoms with E-state index < -0.39 is 11.5 Å². The second-order valence-electron chi connectivity index (χ2n) is 5.18. The maximum absolute atomic E-state index is 12.5. The van der Waals surface area contributed by atoms with Crippen molar-refractivity contribution >= 4 is 17.5 Å². The molecule has 0 atom stereocenters. The van der Waals surface area contributed by atoms with E-state index in [2.05, 4.69) is 10.6 Å². The number of rotatable bonds is 6. The van der Waals surface area contributed by atoms with Gasteiger partial charge >= 0.3 is 0 Å². The SMILES string of the molecule is COC1(C(=O)Nc2ccc(OCC(N)=O)cc2)CCNCC1. The van der Waals surface area contributed by atoms with E-state index in [1.54, 1.807) is 31.4 Å². The van der Waals surface area contributed by atoms with Crippen LogP contribution in [0.4, 0.5) is 5.69 Å². The van der Waals surface area contributed by atoms with Gasteiger partial charge in [-0.3, -0.25) is 9.59 Å². The molecule has 0 unspecified atom stereocenters. The number of carbonyl (C=O) groups is 2. The summed E-state index contributed by atoms with van der Waals surface area (Å²) in [5.41, 5.74) is 4.87. The fraction of sp³-hybridized carbons (Fsp3) is 0.467. The molecule has 1 heterocycles. The summed E-state index contributed by atoms with van der Waals surface area (Å²) in [4.78, 5) is 23.1. The largest absolute Gasteiger partial charge is 0.484 e. The molecule has 4 N–H and O–H groups in total. The third-order valence-corrected chi connectivity index (χ3v) is 3.71. The van der Waals surface area contributed by atoms with Gasteiger partial charge in [0, 0.05) is 12.8 Å². The molecule has 1 aromatic carbocycles. The zero-order valence-electron chi connectivity index (χ0n) is 12.6. The van der Waals surface area contributed by atoms with Crippen LogP contribution in [0.2, 0.25) is 0 Å². The molecule has 22 heavy (non-hydrogen) atoms. The third-order valence-electron chi connectivity index (χ3n) is 3.71. The Balaban J connectivity index is 1.97. The number of nitrogens with one attached hydrogen (secondary N) is 2. The highest BCUT2D eigenvalue weighted by Crippen LogP contribution is 2.25. The summed E-state index contributed by atoms with van der Waals surface area (Å²) < 4.78 is 10.6. The number of nitrogens with two attached hydrogens (primary N) is 1. The van der Waals surface area contributed by atoms with Crippen molar-refractivity contribution in [2.45, 2.75) is 18.4 Å². The summed E-state index contributed by atoms with van der Waals surface area (Å²) in [6, 6.07) is 6.75. The van der Waals surface area contributed by atoms with E-state index in [-0.39, 0.29) is 12.5 Å². The first-order valence-electron chi connectivity index (χ1n) is 7.14. The molecular weight excluding hydrogens is 286 g/mol.